The summed E-state index contributed by atoms with van der Waals surface area (Å²) >= 11 is 5.18. The maximum absolute atomic E-state index is 11.3. The van der Waals surface area contributed by atoms with Gasteiger partial charge in [-0.3, -0.25) is 27.8 Å². The summed E-state index contributed by atoms with van der Waals surface area (Å²) in [5, 5.41) is 0. The molecule has 0 aliphatic carbocycles. The van der Waals surface area contributed by atoms with E-state index in [9.17, 15) is 9.18 Å². The summed E-state index contributed by atoms with van der Waals surface area (Å²) in [7, 11) is -1.02. The third-order valence-corrected chi connectivity index (χ3v) is 5.35. The fourth-order valence-electron chi connectivity index (χ4n) is 2.68. The number of aromatic nitrogens is 2. The van der Waals surface area contributed by atoms with Crippen LogP contribution in [0.15, 0.2) is 53.2 Å². The molecule has 29 heavy (non-hydrogen) atoms. The first-order valence-corrected chi connectivity index (χ1v) is 10.2. The zero-order valence-corrected chi connectivity index (χ0v) is 17.6. The number of nitrogens with zero attached hydrogens (tertiary/aromatic N) is 1. The molecule has 3 atom stereocenters. The standard InChI is InChI=1S/C18H19N2O5PS.CH3F/c1-3-5-6-13-11-22-26(25-15(13)4-2)23-12-14-7-8-17(24-14)20-10-9-16(21)19-18(20)27;1-2/h1,4-6,9-10,14,17H,2,7-8,11-12H2,(H,19,21,27);1H3/b6-5-;. The third kappa shape index (κ3) is 6.46. The van der Waals surface area contributed by atoms with E-state index >= 15 is 0 Å². The van der Waals surface area contributed by atoms with Gasteiger partial charge in [0.2, 0.25) is 0 Å². The average molecular weight is 440 g/mol. The largest absolute Gasteiger partial charge is 0.426 e. The van der Waals surface area contributed by atoms with Crippen LogP contribution in [0.3, 0.4) is 0 Å². The Morgan fingerprint density at radius 1 is 1.55 bits per heavy atom. The van der Waals surface area contributed by atoms with Crippen LogP contribution in [0.1, 0.15) is 19.1 Å². The molecule has 10 heteroatoms. The number of hydrogen-bond donors (Lipinski definition) is 1. The lowest BCUT2D eigenvalue weighted by Crippen LogP contribution is -2.19. The summed E-state index contributed by atoms with van der Waals surface area (Å²) in [4.78, 5) is 13.9. The zero-order chi connectivity index (χ0) is 21.2. The van der Waals surface area contributed by atoms with Crippen molar-refractivity contribution in [3.8, 4) is 12.3 Å². The highest BCUT2D eigenvalue weighted by molar-refractivity contribution is 7.71. The summed E-state index contributed by atoms with van der Waals surface area (Å²) in [6.45, 7) is 4.41. The minimum Gasteiger partial charge on any atom is -0.426 e. The van der Waals surface area contributed by atoms with Crippen molar-refractivity contribution in [2.75, 3.05) is 20.4 Å². The Balaban J connectivity index is 0.00000145. The Labute approximate surface area is 174 Å². The molecule has 3 heterocycles. The third-order valence-electron chi connectivity index (χ3n) is 3.99. The summed E-state index contributed by atoms with van der Waals surface area (Å²) in [6.07, 6.45) is 13.0. The second-order valence-corrected chi connectivity index (χ2v) is 7.32. The predicted octanol–water partition coefficient (Wildman–Crippen LogP) is 4.09. The van der Waals surface area contributed by atoms with E-state index in [2.05, 4.69) is 17.5 Å². The number of terminal acetylenes is 1. The van der Waals surface area contributed by atoms with Gasteiger partial charge in [-0.2, -0.15) is 0 Å². The lowest BCUT2D eigenvalue weighted by molar-refractivity contribution is -0.0223. The van der Waals surface area contributed by atoms with E-state index in [1.807, 2.05) is 0 Å². The van der Waals surface area contributed by atoms with E-state index in [0.29, 0.717) is 30.9 Å². The van der Waals surface area contributed by atoms with Crippen molar-refractivity contribution in [3.63, 3.8) is 0 Å². The summed E-state index contributed by atoms with van der Waals surface area (Å²) in [5.41, 5.74) is 0.584. The Morgan fingerprint density at radius 3 is 3.03 bits per heavy atom. The second-order valence-electron chi connectivity index (χ2n) is 5.79. The topological polar surface area (TPSA) is 74.7 Å². The van der Waals surface area contributed by atoms with Crippen LogP contribution in [0.2, 0.25) is 0 Å². The van der Waals surface area contributed by atoms with Crippen LogP contribution in [0.25, 0.3) is 0 Å². The van der Waals surface area contributed by atoms with Gasteiger partial charge in [-0.05, 0) is 43.3 Å². The highest BCUT2D eigenvalue weighted by Gasteiger charge is 2.30. The van der Waals surface area contributed by atoms with Crippen LogP contribution < -0.4 is 5.56 Å². The molecule has 1 fully saturated rings. The lowest BCUT2D eigenvalue weighted by atomic mass is 10.2. The van der Waals surface area contributed by atoms with Gasteiger partial charge in [0, 0.05) is 17.8 Å². The van der Waals surface area contributed by atoms with Crippen LogP contribution in [-0.2, 0) is 18.3 Å². The number of H-pyrrole nitrogens is 1. The maximum atomic E-state index is 11.3. The van der Waals surface area contributed by atoms with Crippen molar-refractivity contribution >= 4 is 20.8 Å². The molecule has 0 saturated carbocycles. The van der Waals surface area contributed by atoms with Gasteiger partial charge in [-0.1, -0.05) is 12.5 Å². The van der Waals surface area contributed by atoms with Gasteiger partial charge in [0.25, 0.3) is 5.56 Å². The Bertz CT molecular complexity index is 920. The Morgan fingerprint density at radius 2 is 2.34 bits per heavy atom. The molecule has 7 nitrogen and oxygen atoms in total. The molecule has 1 N–H and O–H groups in total. The fraction of sp³-hybridized carbons (Fsp3) is 0.368. The van der Waals surface area contributed by atoms with Crippen LogP contribution in [0.4, 0.5) is 4.39 Å². The van der Waals surface area contributed by atoms with Gasteiger partial charge in [0.05, 0.1) is 26.5 Å². The molecule has 2 aliphatic rings. The molecule has 0 aromatic carbocycles. The predicted molar refractivity (Wildman–Crippen MR) is 111 cm³/mol. The van der Waals surface area contributed by atoms with Crippen molar-refractivity contribution in [2.24, 2.45) is 0 Å². The van der Waals surface area contributed by atoms with E-state index in [1.54, 1.807) is 29.0 Å². The van der Waals surface area contributed by atoms with Gasteiger partial charge in [-0.25, -0.2) is 0 Å². The van der Waals surface area contributed by atoms with Crippen molar-refractivity contribution < 1.29 is 22.7 Å². The number of allylic oxidation sites excluding steroid dienone is 2. The molecule has 1 aromatic rings. The van der Waals surface area contributed by atoms with E-state index in [4.69, 9.17) is 36.9 Å². The van der Waals surface area contributed by atoms with Crippen LogP contribution >= 0.6 is 20.8 Å². The van der Waals surface area contributed by atoms with E-state index in [-0.39, 0.29) is 17.9 Å². The maximum Gasteiger partial charge on any atom is 0.397 e. The van der Waals surface area contributed by atoms with Gasteiger partial charge in [-0.15, -0.1) is 6.42 Å². The van der Waals surface area contributed by atoms with Gasteiger partial charge in [0.15, 0.2) is 4.77 Å². The molecule has 0 amide bonds. The van der Waals surface area contributed by atoms with E-state index < -0.39 is 8.60 Å². The summed E-state index contributed by atoms with van der Waals surface area (Å²) < 4.78 is 34.6. The number of nitrogens with one attached hydrogen (secondary N) is 1. The van der Waals surface area contributed by atoms with Crippen molar-refractivity contribution in [2.45, 2.75) is 25.2 Å². The SMILES string of the molecule is C#C/C=C\C1=C(C=C)OP(OCC2CCC(n3ccc(=O)[nH]c3=S)O2)OC1.CF. The van der Waals surface area contributed by atoms with Crippen LogP contribution in [0.5, 0.6) is 0 Å². The highest BCUT2D eigenvalue weighted by Crippen LogP contribution is 2.47. The average Bonchev–Trinajstić information content (AvgIpc) is 3.21. The monoisotopic (exact) mass is 440 g/mol. The summed E-state index contributed by atoms with van der Waals surface area (Å²) in [5.74, 6) is 3.03. The molecule has 0 radical (unpaired) electrons. The molecule has 156 valence electrons. The minimum atomic E-state index is -1.52. The second kappa shape index (κ2) is 11.8. The first kappa shape index (κ1) is 23.2. The molecule has 3 unspecified atom stereocenters. The van der Waals surface area contributed by atoms with Crippen molar-refractivity contribution in [1.82, 2.24) is 9.55 Å². The number of rotatable bonds is 6. The summed E-state index contributed by atoms with van der Waals surface area (Å²) in [6, 6.07) is 1.42. The van der Waals surface area contributed by atoms with Crippen molar-refractivity contribution in [1.29, 1.82) is 0 Å². The zero-order valence-electron chi connectivity index (χ0n) is 15.9. The Kier molecular flexibility index (Phi) is 9.45. The number of hydrogen-bond acceptors (Lipinski definition) is 6. The molecular formula is C19H22FN2O5PS. The molecular weight excluding hydrogens is 418 g/mol. The molecule has 2 aliphatic heterocycles. The van der Waals surface area contributed by atoms with E-state index in [0.717, 1.165) is 18.4 Å². The van der Waals surface area contributed by atoms with E-state index in [1.165, 1.54) is 6.07 Å². The van der Waals surface area contributed by atoms with Gasteiger partial charge in [0.1, 0.15) is 12.0 Å². The van der Waals surface area contributed by atoms with Crippen molar-refractivity contribution in [3.05, 3.63) is 63.5 Å². The van der Waals surface area contributed by atoms with Gasteiger partial charge < -0.3 is 9.26 Å². The smallest absolute Gasteiger partial charge is 0.397 e. The normalized spacial score (nSPS) is 23.8. The quantitative estimate of drug-likeness (QED) is 0.408. The molecule has 1 aromatic heterocycles. The first-order valence-electron chi connectivity index (χ1n) is 8.67. The lowest BCUT2D eigenvalue weighted by Gasteiger charge is -2.25. The van der Waals surface area contributed by atoms with Gasteiger partial charge >= 0.3 is 8.60 Å². The van der Waals surface area contributed by atoms with Crippen LogP contribution in [0, 0.1) is 17.1 Å². The molecule has 0 spiro atoms. The fourth-order valence-corrected chi connectivity index (χ4v) is 4.03. The number of ether oxygens (including phenoxy) is 1. The van der Waals surface area contributed by atoms with Crippen LogP contribution in [-0.4, -0.2) is 36.0 Å². The number of aromatic amines is 1. The number of halogens is 1. The number of alkyl halides is 1. The highest BCUT2D eigenvalue weighted by atomic mass is 32.1. The first-order chi connectivity index (χ1) is 14.1. The molecule has 0 bridgehead atoms. The minimum absolute atomic E-state index is 0.113. The molecule has 1 saturated heterocycles. The molecule has 3 rings (SSSR count). The Hall–Kier alpha value is -2.08.